The van der Waals surface area contributed by atoms with Gasteiger partial charge in [-0.2, -0.15) is 0 Å². The van der Waals surface area contributed by atoms with Crippen LogP contribution in [0.5, 0.6) is 0 Å². The van der Waals surface area contributed by atoms with E-state index in [9.17, 15) is 8.78 Å². The molecule has 1 N–H and O–H groups in total. The lowest BCUT2D eigenvalue weighted by Crippen LogP contribution is -2.41. The molecule has 0 aromatic carbocycles. The number of hydrogen-bond acceptors (Lipinski definition) is 2. The van der Waals surface area contributed by atoms with Crippen molar-refractivity contribution < 1.29 is 18.6 Å². The average molecular weight is 152 g/mol. The van der Waals surface area contributed by atoms with Crippen LogP contribution < -0.4 is 0 Å². The van der Waals surface area contributed by atoms with E-state index in [0.717, 1.165) is 0 Å². The molecule has 1 heterocycles. The summed E-state index contributed by atoms with van der Waals surface area (Å²) in [6.07, 6.45) is -1.68. The van der Waals surface area contributed by atoms with E-state index in [2.05, 4.69) is 4.74 Å². The zero-order chi connectivity index (χ0) is 7.99. The van der Waals surface area contributed by atoms with Crippen LogP contribution in [-0.4, -0.2) is 29.3 Å². The molecule has 2 nitrogen and oxygen atoms in total. The van der Waals surface area contributed by atoms with Gasteiger partial charge in [0.05, 0.1) is 5.60 Å². The third-order valence-corrected chi connectivity index (χ3v) is 1.70. The molecule has 0 unspecified atom stereocenters. The van der Waals surface area contributed by atoms with Gasteiger partial charge < -0.3 is 9.84 Å². The molecule has 1 fully saturated rings. The maximum Gasteiger partial charge on any atom is 0.299 e. The molecule has 4 heteroatoms. The van der Waals surface area contributed by atoms with E-state index in [0.29, 0.717) is 0 Å². The van der Waals surface area contributed by atoms with Gasteiger partial charge in [-0.25, -0.2) is 8.78 Å². The Balaban J connectivity index is 2.77. The molecule has 1 atom stereocenters. The molecule has 1 aliphatic heterocycles. The number of ether oxygens (including phenoxy) is 1. The number of aliphatic hydroxyl groups is 1. The molecule has 0 aromatic rings. The molecule has 0 saturated carbocycles. The van der Waals surface area contributed by atoms with E-state index in [-0.39, 0.29) is 0 Å². The largest absolute Gasteiger partial charge is 0.384 e. The number of aliphatic hydroxyl groups excluding tert-OH is 1. The van der Waals surface area contributed by atoms with Gasteiger partial charge in [0, 0.05) is 0 Å². The molecular formula is C6H10F2O2. The molecule has 0 spiro atoms. The minimum Gasteiger partial charge on any atom is -0.384 e. The highest BCUT2D eigenvalue weighted by molar-refractivity contribution is 4.95. The van der Waals surface area contributed by atoms with Crippen LogP contribution in [0.3, 0.4) is 0 Å². The highest BCUT2D eigenvalue weighted by atomic mass is 19.3. The lowest BCUT2D eigenvalue weighted by molar-refractivity contribution is -0.0930. The molecule has 0 radical (unpaired) electrons. The summed E-state index contributed by atoms with van der Waals surface area (Å²) >= 11 is 0. The van der Waals surface area contributed by atoms with Gasteiger partial charge >= 0.3 is 0 Å². The second-order valence-corrected chi connectivity index (χ2v) is 3.06. The van der Waals surface area contributed by atoms with Gasteiger partial charge in [-0.15, -0.1) is 0 Å². The Morgan fingerprint density at radius 1 is 1.50 bits per heavy atom. The van der Waals surface area contributed by atoms with Gasteiger partial charge in [0.1, 0.15) is 12.7 Å². The number of hydrogen-bond donors (Lipinski definition) is 1. The minimum atomic E-state index is -3.08. The average Bonchev–Trinajstić information content (AvgIpc) is 1.95. The molecule has 1 aliphatic rings. The van der Waals surface area contributed by atoms with Gasteiger partial charge in [0.25, 0.3) is 5.92 Å². The molecule has 1 rings (SSSR count). The van der Waals surface area contributed by atoms with Crippen LogP contribution >= 0.6 is 0 Å². The Bertz CT molecular complexity index is 129. The zero-order valence-corrected chi connectivity index (χ0v) is 5.90. The molecule has 1 saturated heterocycles. The van der Waals surface area contributed by atoms with Crippen LogP contribution in [0.25, 0.3) is 0 Å². The number of halogens is 2. The fraction of sp³-hybridized carbons (Fsp3) is 1.00. The third kappa shape index (κ3) is 1.01. The van der Waals surface area contributed by atoms with Crippen LogP contribution in [0.1, 0.15) is 13.8 Å². The van der Waals surface area contributed by atoms with Crippen molar-refractivity contribution in [2.75, 3.05) is 6.61 Å². The van der Waals surface area contributed by atoms with E-state index in [1.807, 2.05) is 0 Å². The highest BCUT2D eigenvalue weighted by Gasteiger charge is 2.55. The smallest absolute Gasteiger partial charge is 0.299 e. The summed E-state index contributed by atoms with van der Waals surface area (Å²) in [7, 11) is 0. The minimum absolute atomic E-state index is 0.679. The highest BCUT2D eigenvalue weighted by Crippen LogP contribution is 2.36. The predicted octanol–water partition coefficient (Wildman–Crippen LogP) is 0.791. The van der Waals surface area contributed by atoms with E-state index in [1.165, 1.54) is 13.8 Å². The standard InChI is InChI=1S/C6H10F2O2/c1-5(2)4(9)6(7,8)3-10-5/h4,9H,3H2,1-2H3/t4-/m1/s1. The summed E-state index contributed by atoms with van der Waals surface area (Å²) in [4.78, 5) is 0. The van der Waals surface area contributed by atoms with Gasteiger partial charge in [0.2, 0.25) is 0 Å². The number of alkyl halides is 2. The summed E-state index contributed by atoms with van der Waals surface area (Å²) in [6, 6.07) is 0. The van der Waals surface area contributed by atoms with Crippen molar-refractivity contribution in [3.05, 3.63) is 0 Å². The summed E-state index contributed by atoms with van der Waals surface area (Å²) in [5, 5.41) is 8.91. The predicted molar refractivity (Wildman–Crippen MR) is 31.0 cm³/mol. The Morgan fingerprint density at radius 3 is 2.10 bits per heavy atom. The molecular weight excluding hydrogens is 142 g/mol. The first-order chi connectivity index (χ1) is 4.36. The van der Waals surface area contributed by atoms with Crippen molar-refractivity contribution in [3.8, 4) is 0 Å². The van der Waals surface area contributed by atoms with E-state index in [4.69, 9.17) is 5.11 Å². The van der Waals surface area contributed by atoms with Crippen molar-refractivity contribution in [1.82, 2.24) is 0 Å². The topological polar surface area (TPSA) is 29.5 Å². The maximum absolute atomic E-state index is 12.5. The van der Waals surface area contributed by atoms with Gasteiger partial charge in [-0.3, -0.25) is 0 Å². The molecule has 0 bridgehead atoms. The van der Waals surface area contributed by atoms with E-state index >= 15 is 0 Å². The van der Waals surface area contributed by atoms with E-state index < -0.39 is 24.2 Å². The zero-order valence-electron chi connectivity index (χ0n) is 5.90. The summed E-state index contributed by atoms with van der Waals surface area (Å²) in [5.74, 6) is -3.08. The first kappa shape index (κ1) is 7.88. The third-order valence-electron chi connectivity index (χ3n) is 1.70. The van der Waals surface area contributed by atoms with Crippen molar-refractivity contribution in [3.63, 3.8) is 0 Å². The fourth-order valence-electron chi connectivity index (χ4n) is 0.949. The lowest BCUT2D eigenvalue weighted by atomic mass is 10.0. The molecule has 10 heavy (non-hydrogen) atoms. The molecule has 60 valence electrons. The van der Waals surface area contributed by atoms with Gasteiger partial charge in [-0.1, -0.05) is 0 Å². The van der Waals surface area contributed by atoms with Crippen molar-refractivity contribution in [2.24, 2.45) is 0 Å². The van der Waals surface area contributed by atoms with E-state index in [1.54, 1.807) is 0 Å². The Hall–Kier alpha value is -0.220. The van der Waals surface area contributed by atoms with Crippen LogP contribution in [-0.2, 0) is 4.74 Å². The first-order valence-electron chi connectivity index (χ1n) is 3.06. The van der Waals surface area contributed by atoms with Gasteiger partial charge in [0.15, 0.2) is 0 Å². The Kier molecular flexibility index (Phi) is 1.49. The summed E-state index contributed by atoms with van der Waals surface area (Å²) < 4.78 is 29.6. The summed E-state index contributed by atoms with van der Waals surface area (Å²) in [6.45, 7) is 2.21. The van der Waals surface area contributed by atoms with Crippen LogP contribution in [0, 0.1) is 0 Å². The summed E-state index contributed by atoms with van der Waals surface area (Å²) in [5.41, 5.74) is -1.11. The quantitative estimate of drug-likeness (QED) is 0.556. The normalized spacial score (nSPS) is 36.3. The molecule has 0 aliphatic carbocycles. The SMILES string of the molecule is CC1(C)OCC(F)(F)[C@@H]1O. The first-order valence-corrected chi connectivity index (χ1v) is 3.06. The van der Waals surface area contributed by atoms with Crippen LogP contribution in [0.15, 0.2) is 0 Å². The number of rotatable bonds is 0. The second kappa shape index (κ2) is 1.89. The van der Waals surface area contributed by atoms with Crippen molar-refractivity contribution >= 4 is 0 Å². The molecule has 0 aromatic heterocycles. The van der Waals surface area contributed by atoms with Crippen molar-refractivity contribution in [1.29, 1.82) is 0 Å². The monoisotopic (exact) mass is 152 g/mol. The maximum atomic E-state index is 12.5. The van der Waals surface area contributed by atoms with Crippen LogP contribution in [0.2, 0.25) is 0 Å². The fourth-order valence-corrected chi connectivity index (χ4v) is 0.949. The lowest BCUT2D eigenvalue weighted by Gasteiger charge is -2.22. The van der Waals surface area contributed by atoms with Crippen LogP contribution in [0.4, 0.5) is 8.78 Å². The van der Waals surface area contributed by atoms with Gasteiger partial charge in [-0.05, 0) is 13.8 Å². The second-order valence-electron chi connectivity index (χ2n) is 3.06. The van der Waals surface area contributed by atoms with Crippen molar-refractivity contribution in [2.45, 2.75) is 31.5 Å². The Labute approximate surface area is 57.8 Å². The Morgan fingerprint density at radius 2 is 2.00 bits per heavy atom. The molecule has 0 amide bonds.